The summed E-state index contributed by atoms with van der Waals surface area (Å²) in [4.78, 5) is 36.3. The fourth-order valence-corrected chi connectivity index (χ4v) is 6.38. The molecule has 5 rings (SSSR count). The highest BCUT2D eigenvalue weighted by Gasteiger charge is 2.27. The van der Waals surface area contributed by atoms with E-state index in [4.69, 9.17) is 9.47 Å². The van der Waals surface area contributed by atoms with Gasteiger partial charge in [0, 0.05) is 10.9 Å². The molecule has 5 aromatic rings. The third-order valence-electron chi connectivity index (χ3n) is 6.52. The van der Waals surface area contributed by atoms with E-state index in [1.807, 2.05) is 30.3 Å². The Labute approximate surface area is 240 Å². The number of fused-ring (bicyclic) bond motifs is 1. The number of carbonyl (C=O) groups excluding carboxylic acids is 2. The second-order valence-electron chi connectivity index (χ2n) is 9.50. The summed E-state index contributed by atoms with van der Waals surface area (Å²) in [5.74, 6) is -0.0313. The maximum Gasteiger partial charge on any atom is 0.349 e. The number of esters is 2. The predicted molar refractivity (Wildman–Crippen MR) is 161 cm³/mol. The molecule has 0 aliphatic carbocycles. The highest BCUT2D eigenvalue weighted by atomic mass is 32.1. The van der Waals surface area contributed by atoms with Crippen LogP contribution in [0.2, 0.25) is 0 Å². The van der Waals surface area contributed by atoms with E-state index in [2.05, 4.69) is 58.8 Å². The average Bonchev–Trinajstić information content (AvgIpc) is 3.54. The van der Waals surface area contributed by atoms with Crippen LogP contribution in [0.4, 0.5) is 10.8 Å². The number of nitrogens with one attached hydrogen (secondary N) is 1. The molecule has 3 aromatic heterocycles. The van der Waals surface area contributed by atoms with Gasteiger partial charge in [-0.05, 0) is 42.0 Å². The first kappa shape index (κ1) is 27.5. The van der Waals surface area contributed by atoms with Gasteiger partial charge in [-0.3, -0.25) is 0 Å². The van der Waals surface area contributed by atoms with E-state index in [0.717, 1.165) is 38.2 Å². The number of nitrogens with zero attached hydrogens (tertiary/aromatic N) is 2. The van der Waals surface area contributed by atoms with Crippen molar-refractivity contribution < 1.29 is 19.1 Å². The van der Waals surface area contributed by atoms with Gasteiger partial charge in [0.1, 0.15) is 33.5 Å². The van der Waals surface area contributed by atoms with Gasteiger partial charge in [0.25, 0.3) is 0 Å². The number of carbonyl (C=O) groups is 2. The second kappa shape index (κ2) is 12.0. The maximum absolute atomic E-state index is 13.1. The van der Waals surface area contributed by atoms with Gasteiger partial charge in [0.05, 0.1) is 17.6 Å². The van der Waals surface area contributed by atoms with Crippen molar-refractivity contribution in [1.82, 2.24) is 9.97 Å². The topological polar surface area (TPSA) is 90.4 Å². The molecule has 0 aliphatic heterocycles. The maximum atomic E-state index is 13.1. The van der Waals surface area contributed by atoms with Crippen LogP contribution in [0.25, 0.3) is 21.3 Å². The highest BCUT2D eigenvalue weighted by molar-refractivity contribution is 7.18. The minimum atomic E-state index is -0.513. The highest BCUT2D eigenvalue weighted by Crippen LogP contribution is 2.41. The van der Waals surface area contributed by atoms with E-state index < -0.39 is 11.9 Å². The average molecular weight is 572 g/mol. The Bertz CT molecular complexity index is 1660. The van der Waals surface area contributed by atoms with E-state index >= 15 is 0 Å². The van der Waals surface area contributed by atoms with Crippen molar-refractivity contribution in [3.05, 3.63) is 93.4 Å². The van der Waals surface area contributed by atoms with Gasteiger partial charge in [-0.1, -0.05) is 68.4 Å². The van der Waals surface area contributed by atoms with Gasteiger partial charge in [-0.25, -0.2) is 19.6 Å². The van der Waals surface area contributed by atoms with Crippen molar-refractivity contribution in [3.63, 3.8) is 0 Å². The largest absolute Gasteiger partial charge is 0.462 e. The smallest absolute Gasteiger partial charge is 0.349 e. The Morgan fingerprint density at radius 3 is 2.42 bits per heavy atom. The van der Waals surface area contributed by atoms with Crippen LogP contribution in [0.3, 0.4) is 0 Å². The number of anilines is 2. The first-order valence-electron chi connectivity index (χ1n) is 13.0. The molecule has 0 fully saturated rings. The quantitative estimate of drug-likeness (QED) is 0.179. The van der Waals surface area contributed by atoms with Crippen molar-refractivity contribution in [2.75, 3.05) is 11.9 Å². The molecule has 0 atom stereocenters. The lowest BCUT2D eigenvalue weighted by atomic mass is 9.99. The Hall–Kier alpha value is -4.08. The van der Waals surface area contributed by atoms with Crippen LogP contribution in [0.15, 0.2) is 66.3 Å². The van der Waals surface area contributed by atoms with E-state index in [-0.39, 0.29) is 13.2 Å². The second-order valence-corrected chi connectivity index (χ2v) is 11.4. The molecule has 40 heavy (non-hydrogen) atoms. The van der Waals surface area contributed by atoms with Crippen LogP contribution >= 0.6 is 22.7 Å². The van der Waals surface area contributed by atoms with Crippen LogP contribution in [-0.2, 0) is 16.1 Å². The number of benzene rings is 2. The Kier molecular flexibility index (Phi) is 8.23. The Morgan fingerprint density at radius 2 is 1.73 bits per heavy atom. The third kappa shape index (κ3) is 5.61. The number of hydrogen-bond acceptors (Lipinski definition) is 9. The normalized spacial score (nSPS) is 11.1. The third-order valence-corrected chi connectivity index (χ3v) is 8.59. The van der Waals surface area contributed by atoms with Crippen LogP contribution < -0.4 is 5.32 Å². The molecule has 0 unspecified atom stereocenters. The molecule has 3 heterocycles. The molecule has 0 amide bonds. The molecular formula is C31H29N3O4S2. The number of rotatable bonds is 9. The van der Waals surface area contributed by atoms with Crippen molar-refractivity contribution >= 4 is 55.6 Å². The van der Waals surface area contributed by atoms with Crippen molar-refractivity contribution in [1.29, 1.82) is 0 Å². The summed E-state index contributed by atoms with van der Waals surface area (Å²) in [6.07, 6.45) is 1.49. The summed E-state index contributed by atoms with van der Waals surface area (Å²) in [5, 5.41) is 6.71. The van der Waals surface area contributed by atoms with E-state index in [1.165, 1.54) is 23.2 Å². The number of ether oxygens (including phenoxy) is 2. The minimum Gasteiger partial charge on any atom is -0.462 e. The Balaban J connectivity index is 1.52. The molecule has 7 nitrogen and oxygen atoms in total. The van der Waals surface area contributed by atoms with Crippen molar-refractivity contribution in [2.24, 2.45) is 0 Å². The number of thiophene rings is 2. The SMILES string of the molecule is CCOC(=O)c1c(Nc2ncnc3scc(-c4ccc(C(C)C)cc4)c23)sc(C(=O)OCc2ccccc2)c1C. The summed E-state index contributed by atoms with van der Waals surface area (Å²) in [6.45, 7) is 8.16. The fraction of sp³-hybridized carbons (Fsp3) is 0.226. The zero-order valence-corrected chi connectivity index (χ0v) is 24.3. The molecule has 0 saturated heterocycles. The number of hydrogen-bond donors (Lipinski definition) is 1. The van der Waals surface area contributed by atoms with Gasteiger partial charge in [-0.2, -0.15) is 0 Å². The minimum absolute atomic E-state index is 0.134. The molecule has 0 aliphatic rings. The zero-order valence-electron chi connectivity index (χ0n) is 22.7. The monoisotopic (exact) mass is 571 g/mol. The van der Waals surface area contributed by atoms with Crippen LogP contribution in [0.5, 0.6) is 0 Å². The molecule has 9 heteroatoms. The number of aromatic nitrogens is 2. The van der Waals surface area contributed by atoms with Gasteiger partial charge in [0.2, 0.25) is 0 Å². The van der Waals surface area contributed by atoms with Gasteiger partial charge < -0.3 is 14.8 Å². The van der Waals surface area contributed by atoms with Gasteiger partial charge in [-0.15, -0.1) is 22.7 Å². The van der Waals surface area contributed by atoms with E-state index in [0.29, 0.717) is 32.7 Å². The van der Waals surface area contributed by atoms with Crippen LogP contribution in [0, 0.1) is 6.92 Å². The molecule has 2 aromatic carbocycles. The zero-order chi connectivity index (χ0) is 28.2. The Morgan fingerprint density at radius 1 is 0.975 bits per heavy atom. The molecule has 0 radical (unpaired) electrons. The van der Waals surface area contributed by atoms with Crippen molar-refractivity contribution in [3.8, 4) is 11.1 Å². The molecule has 204 valence electrons. The summed E-state index contributed by atoms with van der Waals surface area (Å²) in [5.41, 5.74) is 4.98. The summed E-state index contributed by atoms with van der Waals surface area (Å²) in [7, 11) is 0. The van der Waals surface area contributed by atoms with Crippen molar-refractivity contribution in [2.45, 2.75) is 40.2 Å². The lowest BCUT2D eigenvalue weighted by molar-refractivity contribution is 0.0478. The molecule has 1 N–H and O–H groups in total. The van der Waals surface area contributed by atoms with E-state index in [1.54, 1.807) is 13.8 Å². The van der Waals surface area contributed by atoms with E-state index in [9.17, 15) is 9.59 Å². The fourth-order valence-electron chi connectivity index (χ4n) is 4.37. The molecule has 0 saturated carbocycles. The summed E-state index contributed by atoms with van der Waals surface area (Å²) >= 11 is 2.68. The predicted octanol–water partition coefficient (Wildman–Crippen LogP) is 8.13. The first-order chi connectivity index (χ1) is 19.4. The van der Waals surface area contributed by atoms with Gasteiger partial charge in [0.15, 0.2) is 0 Å². The lowest BCUT2D eigenvalue weighted by Gasteiger charge is -2.10. The van der Waals surface area contributed by atoms with Crippen LogP contribution in [-0.4, -0.2) is 28.5 Å². The lowest BCUT2D eigenvalue weighted by Crippen LogP contribution is -2.09. The summed E-state index contributed by atoms with van der Waals surface area (Å²) in [6, 6.07) is 17.9. The summed E-state index contributed by atoms with van der Waals surface area (Å²) < 4.78 is 10.9. The van der Waals surface area contributed by atoms with Crippen LogP contribution in [0.1, 0.15) is 63.4 Å². The standard InChI is InChI=1S/C31H29N3O4S2/c1-5-37-30(35)24-19(4)26(31(36)38-15-20-9-7-6-8-10-20)40-29(24)34-27-25-23(16-39-28(25)33-17-32-27)22-13-11-21(12-14-22)18(2)3/h6-14,16-18H,5,15H2,1-4H3,(H,32,33,34). The molecular weight excluding hydrogens is 542 g/mol. The first-order valence-corrected chi connectivity index (χ1v) is 14.7. The molecule has 0 bridgehead atoms. The van der Waals surface area contributed by atoms with Gasteiger partial charge >= 0.3 is 11.9 Å². The molecule has 0 spiro atoms.